The van der Waals surface area contributed by atoms with Crippen LogP contribution in [0.4, 0.5) is 13.2 Å². The molecule has 0 spiro atoms. The minimum absolute atomic E-state index is 0.0150. The summed E-state index contributed by atoms with van der Waals surface area (Å²) in [6.07, 6.45) is -4.85. The van der Waals surface area contributed by atoms with Gasteiger partial charge >= 0.3 is 12.1 Å². The Morgan fingerprint density at radius 1 is 1.12 bits per heavy atom. The minimum Gasteiger partial charge on any atom is -0.508 e. The Morgan fingerprint density at radius 3 is 2.27 bits per heavy atom. The van der Waals surface area contributed by atoms with Gasteiger partial charge in [0.2, 0.25) is 9.84 Å². The van der Waals surface area contributed by atoms with Crippen LogP contribution < -0.4 is 5.32 Å². The Balaban J connectivity index is 2.12. The van der Waals surface area contributed by atoms with Gasteiger partial charge in [-0.2, -0.15) is 13.2 Å². The maximum Gasteiger partial charge on any atom is 0.471 e. The molecule has 5 nitrogen and oxygen atoms in total. The van der Waals surface area contributed by atoms with E-state index in [4.69, 9.17) is 0 Å². The number of hydrogen-bond donors (Lipinski definition) is 2. The molecule has 2 N–H and O–H groups in total. The quantitative estimate of drug-likeness (QED) is 0.827. The number of phenolic OH excluding ortho intramolecular Hbond substituents is 1. The van der Waals surface area contributed by atoms with Gasteiger partial charge in [-0.3, -0.25) is 4.79 Å². The molecule has 1 atom stereocenters. The van der Waals surface area contributed by atoms with Crippen molar-refractivity contribution in [3.8, 4) is 5.75 Å². The van der Waals surface area contributed by atoms with E-state index in [1.165, 1.54) is 49.4 Å². The molecule has 0 aliphatic heterocycles. The van der Waals surface area contributed by atoms with Crippen LogP contribution in [0, 0.1) is 0 Å². The molecule has 26 heavy (non-hydrogen) atoms. The van der Waals surface area contributed by atoms with Crippen LogP contribution in [-0.4, -0.2) is 31.6 Å². The Labute approximate surface area is 148 Å². The van der Waals surface area contributed by atoms with Crippen molar-refractivity contribution in [3.63, 3.8) is 0 Å². The van der Waals surface area contributed by atoms with Crippen LogP contribution in [0.5, 0.6) is 5.75 Å². The average molecular weight is 387 g/mol. The molecule has 0 saturated heterocycles. The van der Waals surface area contributed by atoms with Gasteiger partial charge in [-0.15, -0.1) is 0 Å². The van der Waals surface area contributed by atoms with Crippen LogP contribution in [0.15, 0.2) is 58.3 Å². The van der Waals surface area contributed by atoms with E-state index >= 15 is 0 Å². The van der Waals surface area contributed by atoms with E-state index < -0.39 is 28.0 Å². The zero-order valence-electron chi connectivity index (χ0n) is 13.6. The highest BCUT2D eigenvalue weighted by molar-refractivity contribution is 7.91. The number of rotatable bonds is 5. The summed E-state index contributed by atoms with van der Waals surface area (Å²) in [5, 5.41) is 11.3. The number of benzene rings is 2. The van der Waals surface area contributed by atoms with E-state index in [1.807, 2.05) is 5.32 Å². The van der Waals surface area contributed by atoms with Crippen LogP contribution in [0.1, 0.15) is 12.5 Å². The third-order valence-corrected chi connectivity index (χ3v) is 5.31. The van der Waals surface area contributed by atoms with Gasteiger partial charge in [-0.1, -0.05) is 18.2 Å². The predicted molar refractivity (Wildman–Crippen MR) is 87.4 cm³/mol. The monoisotopic (exact) mass is 387 g/mol. The van der Waals surface area contributed by atoms with Gasteiger partial charge in [-0.25, -0.2) is 8.42 Å². The molecule has 0 fully saturated rings. The van der Waals surface area contributed by atoms with Crippen molar-refractivity contribution in [1.82, 2.24) is 5.32 Å². The van der Waals surface area contributed by atoms with E-state index in [1.54, 1.807) is 0 Å². The number of amides is 1. The van der Waals surface area contributed by atoms with E-state index in [0.29, 0.717) is 5.56 Å². The zero-order chi connectivity index (χ0) is 19.5. The van der Waals surface area contributed by atoms with Gasteiger partial charge in [0.25, 0.3) is 0 Å². The van der Waals surface area contributed by atoms with E-state index in [2.05, 4.69) is 0 Å². The third-order valence-electron chi connectivity index (χ3n) is 3.54. The molecule has 140 valence electrons. The number of alkyl halides is 3. The smallest absolute Gasteiger partial charge is 0.471 e. The summed E-state index contributed by atoms with van der Waals surface area (Å²) >= 11 is 0. The highest BCUT2D eigenvalue weighted by Crippen LogP contribution is 2.24. The maximum atomic E-state index is 12.5. The second kappa shape index (κ2) is 7.36. The molecule has 2 rings (SSSR count). The third kappa shape index (κ3) is 4.75. The van der Waals surface area contributed by atoms with Crippen LogP contribution in [0.25, 0.3) is 0 Å². The first-order valence-electron chi connectivity index (χ1n) is 7.51. The molecule has 0 heterocycles. The Kier molecular flexibility index (Phi) is 5.60. The fourth-order valence-corrected chi connectivity index (χ4v) is 3.60. The fourth-order valence-electron chi connectivity index (χ4n) is 2.30. The lowest BCUT2D eigenvalue weighted by Gasteiger charge is -2.15. The van der Waals surface area contributed by atoms with Gasteiger partial charge in [0, 0.05) is 6.04 Å². The molecular weight excluding hydrogens is 371 g/mol. The zero-order valence-corrected chi connectivity index (χ0v) is 14.4. The summed E-state index contributed by atoms with van der Waals surface area (Å²) in [4.78, 5) is 10.8. The molecule has 2 aromatic rings. The highest BCUT2D eigenvalue weighted by Gasteiger charge is 2.39. The van der Waals surface area contributed by atoms with Gasteiger partial charge < -0.3 is 10.4 Å². The number of halogens is 3. The van der Waals surface area contributed by atoms with Crippen LogP contribution in [-0.2, 0) is 21.1 Å². The van der Waals surface area contributed by atoms with E-state index in [9.17, 15) is 31.5 Å². The van der Waals surface area contributed by atoms with Crippen molar-refractivity contribution in [2.45, 2.75) is 35.4 Å². The molecule has 0 saturated carbocycles. The number of carbonyl (C=O) groups is 1. The lowest BCUT2D eigenvalue weighted by Crippen LogP contribution is -2.42. The number of aromatic hydroxyl groups is 1. The van der Waals surface area contributed by atoms with Gasteiger partial charge in [0.15, 0.2) is 0 Å². The summed E-state index contributed by atoms with van der Waals surface area (Å²) in [6, 6.07) is 10.0. The average Bonchev–Trinajstić information content (AvgIpc) is 2.54. The summed E-state index contributed by atoms with van der Waals surface area (Å²) in [6.45, 7) is 1.42. The molecule has 0 bridgehead atoms. The van der Waals surface area contributed by atoms with Crippen LogP contribution >= 0.6 is 0 Å². The summed E-state index contributed by atoms with van der Waals surface area (Å²) in [5.74, 6) is -2.20. The molecule has 0 radical (unpaired) electrons. The van der Waals surface area contributed by atoms with E-state index in [-0.39, 0.29) is 22.0 Å². The fraction of sp³-hybridized carbons (Fsp3) is 0.235. The number of sulfone groups is 1. The molecule has 1 amide bonds. The number of carbonyl (C=O) groups excluding carboxylic acids is 1. The SMILES string of the molecule is C[C@H](Cc1ccc(S(=O)(=O)c2cccc(O)c2)cc1)NC(=O)C(F)(F)F. The second-order valence-corrected chi connectivity index (χ2v) is 7.67. The minimum atomic E-state index is -4.95. The van der Waals surface area contributed by atoms with Crippen molar-refractivity contribution in [2.24, 2.45) is 0 Å². The first-order valence-corrected chi connectivity index (χ1v) is 8.99. The molecule has 0 aliphatic carbocycles. The Bertz CT molecular complexity index is 893. The summed E-state index contributed by atoms with van der Waals surface area (Å²) in [7, 11) is -3.82. The Morgan fingerprint density at radius 2 is 1.73 bits per heavy atom. The molecule has 0 aromatic heterocycles. The number of phenols is 1. The van der Waals surface area contributed by atoms with Crippen LogP contribution in [0.2, 0.25) is 0 Å². The van der Waals surface area contributed by atoms with Gasteiger partial charge in [0.05, 0.1) is 9.79 Å². The van der Waals surface area contributed by atoms with E-state index in [0.717, 1.165) is 6.07 Å². The molecule has 0 unspecified atom stereocenters. The largest absolute Gasteiger partial charge is 0.508 e. The first kappa shape index (κ1) is 19.8. The molecule has 2 aromatic carbocycles. The number of nitrogens with one attached hydrogen (secondary N) is 1. The molecular formula is C17H16F3NO4S. The van der Waals surface area contributed by atoms with Gasteiger partial charge in [-0.05, 0) is 49.2 Å². The van der Waals surface area contributed by atoms with Crippen molar-refractivity contribution in [1.29, 1.82) is 0 Å². The topological polar surface area (TPSA) is 83.5 Å². The summed E-state index contributed by atoms with van der Waals surface area (Å²) in [5.41, 5.74) is 0.565. The number of hydrogen-bond acceptors (Lipinski definition) is 4. The lowest BCUT2D eigenvalue weighted by molar-refractivity contribution is -0.174. The van der Waals surface area contributed by atoms with Crippen molar-refractivity contribution >= 4 is 15.7 Å². The lowest BCUT2D eigenvalue weighted by atomic mass is 10.1. The van der Waals surface area contributed by atoms with Crippen LogP contribution in [0.3, 0.4) is 0 Å². The normalized spacial score (nSPS) is 13.2. The summed E-state index contributed by atoms with van der Waals surface area (Å²) < 4.78 is 61.6. The second-order valence-electron chi connectivity index (χ2n) is 5.72. The molecule has 9 heteroatoms. The molecule has 0 aliphatic rings. The van der Waals surface area contributed by atoms with Crippen molar-refractivity contribution in [3.05, 3.63) is 54.1 Å². The predicted octanol–water partition coefficient (Wildman–Crippen LogP) is 2.83. The van der Waals surface area contributed by atoms with Gasteiger partial charge in [0.1, 0.15) is 5.75 Å². The Hall–Kier alpha value is -2.55. The standard InChI is InChI=1S/C17H16F3NO4S/c1-11(21-16(23)17(18,19)20)9-12-5-7-14(8-6-12)26(24,25)15-4-2-3-13(22)10-15/h2-8,10-11,22H,9H2,1H3,(H,21,23)/t11-/m1/s1. The maximum absolute atomic E-state index is 12.5. The van der Waals surface area contributed by atoms with Crippen molar-refractivity contribution < 1.29 is 31.5 Å². The van der Waals surface area contributed by atoms with Crippen molar-refractivity contribution in [2.75, 3.05) is 0 Å². The first-order chi connectivity index (χ1) is 12.0. The highest BCUT2D eigenvalue weighted by atomic mass is 32.2.